The van der Waals surface area contributed by atoms with Crippen LogP contribution in [0.25, 0.3) is 0 Å². The Morgan fingerprint density at radius 1 is 1.50 bits per heavy atom. The number of aliphatic imine (C=N–C) groups is 1. The van der Waals surface area contributed by atoms with Crippen molar-refractivity contribution in [2.75, 3.05) is 0 Å². The summed E-state index contributed by atoms with van der Waals surface area (Å²) in [7, 11) is 0. The zero-order chi connectivity index (χ0) is 10.7. The predicted molar refractivity (Wildman–Crippen MR) is 48.5 cm³/mol. The van der Waals surface area contributed by atoms with Gasteiger partial charge >= 0.3 is 0 Å². The van der Waals surface area contributed by atoms with Gasteiger partial charge in [-0.15, -0.1) is 0 Å². The molecule has 74 valence electrons. The van der Waals surface area contributed by atoms with Crippen molar-refractivity contribution in [2.24, 2.45) is 16.5 Å². The Morgan fingerprint density at radius 3 is 2.57 bits per heavy atom. The molecule has 0 unspecified atom stereocenters. The number of rotatable bonds is 2. The fourth-order valence-electron chi connectivity index (χ4n) is 0.839. The van der Waals surface area contributed by atoms with Crippen LogP contribution in [0.5, 0.6) is 0 Å². The maximum Gasteiger partial charge on any atom is 0.272 e. The van der Waals surface area contributed by atoms with Crippen molar-refractivity contribution in [1.82, 2.24) is 0 Å². The van der Waals surface area contributed by atoms with Crippen molar-refractivity contribution in [3.63, 3.8) is 0 Å². The van der Waals surface area contributed by atoms with Crippen LogP contribution in [0.15, 0.2) is 23.2 Å². The first-order valence-electron chi connectivity index (χ1n) is 3.54. The summed E-state index contributed by atoms with van der Waals surface area (Å²) in [5.74, 6) is -1.15. The minimum absolute atomic E-state index is 0.129. The molecule has 1 aromatic rings. The highest BCUT2D eigenvalue weighted by Gasteiger charge is 2.09. The lowest BCUT2D eigenvalue weighted by Gasteiger charge is -1.97. The zero-order valence-electron chi connectivity index (χ0n) is 6.98. The third-order valence-corrected chi connectivity index (χ3v) is 1.39. The molecule has 0 fully saturated rings. The second-order valence-electron chi connectivity index (χ2n) is 2.43. The molecule has 7 heteroatoms. The normalized spacial score (nSPS) is 9.50. The Kier molecular flexibility index (Phi) is 2.61. The lowest BCUT2D eigenvalue weighted by molar-refractivity contribution is -0.385. The molecule has 0 amide bonds. The van der Waals surface area contributed by atoms with Crippen LogP contribution < -0.4 is 11.5 Å². The molecular formula is C7H7FN4O2. The second-order valence-corrected chi connectivity index (χ2v) is 2.43. The molecule has 1 rings (SSSR count). The number of guanidine groups is 1. The number of nitro benzene ring substituents is 1. The van der Waals surface area contributed by atoms with Gasteiger partial charge in [0.05, 0.1) is 11.0 Å². The van der Waals surface area contributed by atoms with E-state index in [1.165, 1.54) is 0 Å². The van der Waals surface area contributed by atoms with Gasteiger partial charge in [-0.25, -0.2) is 9.38 Å². The summed E-state index contributed by atoms with van der Waals surface area (Å²) >= 11 is 0. The van der Waals surface area contributed by atoms with Crippen molar-refractivity contribution in [3.05, 3.63) is 34.1 Å². The molecule has 0 saturated heterocycles. The maximum atomic E-state index is 13.0. The molecule has 4 N–H and O–H groups in total. The molecule has 0 atom stereocenters. The molecule has 0 heterocycles. The SMILES string of the molecule is NC(N)=Nc1ccc([N+](=O)[O-])cc1F. The Morgan fingerprint density at radius 2 is 2.14 bits per heavy atom. The van der Waals surface area contributed by atoms with Crippen molar-refractivity contribution < 1.29 is 9.31 Å². The summed E-state index contributed by atoms with van der Waals surface area (Å²) in [6.07, 6.45) is 0. The monoisotopic (exact) mass is 198 g/mol. The summed E-state index contributed by atoms with van der Waals surface area (Å²) < 4.78 is 13.0. The van der Waals surface area contributed by atoms with E-state index in [9.17, 15) is 14.5 Å². The first-order valence-corrected chi connectivity index (χ1v) is 3.54. The zero-order valence-corrected chi connectivity index (χ0v) is 6.98. The van der Waals surface area contributed by atoms with E-state index in [2.05, 4.69) is 4.99 Å². The predicted octanol–water partition coefficient (Wildman–Crippen LogP) is 0.639. The molecule has 0 aliphatic heterocycles. The van der Waals surface area contributed by atoms with Gasteiger partial charge in [0.15, 0.2) is 11.8 Å². The molecule has 0 aliphatic carbocycles. The number of nitro groups is 1. The van der Waals surface area contributed by atoms with Gasteiger partial charge < -0.3 is 11.5 Å². The van der Waals surface area contributed by atoms with Crippen molar-refractivity contribution in [2.45, 2.75) is 0 Å². The first kappa shape index (κ1) is 9.90. The van der Waals surface area contributed by atoms with Crippen LogP contribution in [0.2, 0.25) is 0 Å². The van der Waals surface area contributed by atoms with Crippen molar-refractivity contribution in [1.29, 1.82) is 0 Å². The van der Waals surface area contributed by atoms with Crippen LogP contribution >= 0.6 is 0 Å². The molecule has 0 aromatic heterocycles. The third-order valence-electron chi connectivity index (χ3n) is 1.39. The van der Waals surface area contributed by atoms with Crippen LogP contribution in [0, 0.1) is 15.9 Å². The second kappa shape index (κ2) is 3.69. The van der Waals surface area contributed by atoms with Crippen LogP contribution in [0.4, 0.5) is 15.8 Å². The van der Waals surface area contributed by atoms with Gasteiger partial charge in [-0.05, 0) is 6.07 Å². The Hall–Kier alpha value is -2.18. The summed E-state index contributed by atoms with van der Waals surface area (Å²) in [6.45, 7) is 0. The largest absolute Gasteiger partial charge is 0.370 e. The van der Waals surface area contributed by atoms with Gasteiger partial charge in [0, 0.05) is 6.07 Å². The fraction of sp³-hybridized carbons (Fsp3) is 0. The highest BCUT2D eigenvalue weighted by Crippen LogP contribution is 2.22. The smallest absolute Gasteiger partial charge is 0.272 e. The molecule has 6 nitrogen and oxygen atoms in total. The van der Waals surface area contributed by atoms with E-state index in [4.69, 9.17) is 11.5 Å². The van der Waals surface area contributed by atoms with Crippen LogP contribution in [0.1, 0.15) is 0 Å². The maximum absolute atomic E-state index is 13.0. The first-order chi connectivity index (χ1) is 6.50. The molecule has 0 saturated carbocycles. The molecule has 0 aliphatic rings. The average molecular weight is 198 g/mol. The topological polar surface area (TPSA) is 108 Å². The van der Waals surface area contributed by atoms with Crippen LogP contribution in [0.3, 0.4) is 0 Å². The summed E-state index contributed by atoms with van der Waals surface area (Å²) in [6, 6.07) is 3.00. The quantitative estimate of drug-likeness (QED) is 0.314. The Balaban J connectivity index is 3.14. The average Bonchev–Trinajstić information content (AvgIpc) is 2.07. The van der Waals surface area contributed by atoms with E-state index in [1.807, 2.05) is 0 Å². The highest BCUT2D eigenvalue weighted by atomic mass is 19.1. The van der Waals surface area contributed by atoms with Crippen molar-refractivity contribution >= 4 is 17.3 Å². The molecule has 1 aromatic carbocycles. The number of hydrogen-bond acceptors (Lipinski definition) is 3. The Bertz CT molecular complexity index is 401. The van der Waals surface area contributed by atoms with E-state index >= 15 is 0 Å². The summed E-state index contributed by atoms with van der Waals surface area (Å²) in [4.78, 5) is 13.0. The summed E-state index contributed by atoms with van der Waals surface area (Å²) in [5.41, 5.74) is 9.56. The summed E-state index contributed by atoms with van der Waals surface area (Å²) in [5, 5.41) is 10.2. The standard InChI is InChI=1S/C7H7FN4O2/c8-5-3-4(12(13)14)1-2-6(5)11-7(9)10/h1-3H,(H4,9,10,11). The number of hydrogen-bond donors (Lipinski definition) is 2. The molecule has 0 bridgehead atoms. The lowest BCUT2D eigenvalue weighted by atomic mass is 10.3. The van der Waals surface area contributed by atoms with E-state index in [0.29, 0.717) is 0 Å². The number of nitrogens with two attached hydrogens (primary N) is 2. The number of nitrogens with zero attached hydrogens (tertiary/aromatic N) is 2. The molecule has 14 heavy (non-hydrogen) atoms. The molecule has 0 spiro atoms. The van der Waals surface area contributed by atoms with E-state index in [1.54, 1.807) is 0 Å². The van der Waals surface area contributed by atoms with Gasteiger partial charge in [0.1, 0.15) is 5.69 Å². The number of benzene rings is 1. The minimum atomic E-state index is -0.840. The van der Waals surface area contributed by atoms with Gasteiger partial charge in [0.2, 0.25) is 0 Å². The number of non-ortho nitro benzene ring substituents is 1. The Labute approximate surface area is 78.2 Å². The third kappa shape index (κ3) is 2.16. The van der Waals surface area contributed by atoms with E-state index in [-0.39, 0.29) is 17.3 Å². The number of halogens is 1. The van der Waals surface area contributed by atoms with Crippen LogP contribution in [-0.4, -0.2) is 10.9 Å². The minimum Gasteiger partial charge on any atom is -0.370 e. The van der Waals surface area contributed by atoms with E-state index < -0.39 is 10.7 Å². The van der Waals surface area contributed by atoms with Gasteiger partial charge in [-0.2, -0.15) is 0 Å². The van der Waals surface area contributed by atoms with Gasteiger partial charge in [0.25, 0.3) is 5.69 Å². The fourth-order valence-corrected chi connectivity index (χ4v) is 0.839. The van der Waals surface area contributed by atoms with Gasteiger partial charge in [-0.3, -0.25) is 10.1 Å². The van der Waals surface area contributed by atoms with E-state index in [0.717, 1.165) is 18.2 Å². The van der Waals surface area contributed by atoms with Crippen molar-refractivity contribution in [3.8, 4) is 0 Å². The lowest BCUT2D eigenvalue weighted by Crippen LogP contribution is -2.22. The highest BCUT2D eigenvalue weighted by molar-refractivity contribution is 5.79. The van der Waals surface area contributed by atoms with Gasteiger partial charge in [-0.1, -0.05) is 0 Å². The molecular weight excluding hydrogens is 191 g/mol. The molecule has 0 radical (unpaired) electrons. The van der Waals surface area contributed by atoms with Crippen LogP contribution in [-0.2, 0) is 0 Å².